The molecule has 0 radical (unpaired) electrons. The molecule has 2 rings (SSSR count). The number of nitrogens with zero attached hydrogens (tertiary/aromatic N) is 2. The van der Waals surface area contributed by atoms with E-state index < -0.39 is 5.97 Å². The second-order valence-corrected chi connectivity index (χ2v) is 6.36. The zero-order chi connectivity index (χ0) is 20.4. The number of hydrogen-bond donors (Lipinski definition) is 2. The van der Waals surface area contributed by atoms with Gasteiger partial charge >= 0.3 is 5.97 Å². The normalized spacial score (nSPS) is 16.5. The fourth-order valence-electron chi connectivity index (χ4n) is 2.59. The summed E-state index contributed by atoms with van der Waals surface area (Å²) in [4.78, 5) is 31.3. The number of halogens is 1. The van der Waals surface area contributed by atoms with Crippen LogP contribution in [0, 0.1) is 5.92 Å². The van der Waals surface area contributed by atoms with Crippen LogP contribution in [0.4, 0.5) is 15.8 Å². The van der Waals surface area contributed by atoms with Crippen LogP contribution in [0.3, 0.4) is 0 Å². The van der Waals surface area contributed by atoms with E-state index in [2.05, 4.69) is 15.3 Å². The molecule has 1 aromatic rings. The van der Waals surface area contributed by atoms with Gasteiger partial charge in [-0.05, 0) is 56.0 Å². The highest BCUT2D eigenvalue weighted by molar-refractivity contribution is 5.96. The summed E-state index contributed by atoms with van der Waals surface area (Å²) in [5.74, 6) is -1.26. The Morgan fingerprint density at radius 3 is 2.79 bits per heavy atom. The number of hydrogen-bond acceptors (Lipinski definition) is 4. The number of nitrogens with one attached hydrogen (secondary N) is 1. The number of carbonyl (C=O) groups excluding carboxylic acids is 1. The molecule has 1 amide bonds. The highest BCUT2D eigenvalue weighted by Crippen LogP contribution is 2.29. The Morgan fingerprint density at radius 1 is 1.29 bits per heavy atom. The third-order valence-corrected chi connectivity index (χ3v) is 4.16. The Kier molecular flexibility index (Phi) is 8.27. The van der Waals surface area contributed by atoms with Gasteiger partial charge in [0.05, 0.1) is 11.4 Å². The number of aliphatic carboxylic acids is 1. The minimum atomic E-state index is -0.807. The summed E-state index contributed by atoms with van der Waals surface area (Å²) in [6.45, 7) is 0. The van der Waals surface area contributed by atoms with Crippen LogP contribution >= 0.6 is 0 Å². The summed E-state index contributed by atoms with van der Waals surface area (Å²) in [6, 6.07) is 5.06. The molecule has 148 valence electrons. The molecule has 1 aliphatic rings. The van der Waals surface area contributed by atoms with Crippen LogP contribution in [0.1, 0.15) is 42.5 Å². The largest absolute Gasteiger partial charge is 0.481 e. The molecule has 7 heteroatoms. The van der Waals surface area contributed by atoms with Crippen molar-refractivity contribution in [1.29, 1.82) is 0 Å². The SMILES string of the molecule is CNC(=O)c1ccc(N=CC2C=CC(F)=CC2)c(N=CCCCCC(=O)O)c1. The van der Waals surface area contributed by atoms with Gasteiger partial charge in [0.15, 0.2) is 0 Å². The van der Waals surface area contributed by atoms with Crippen LogP contribution in [0.15, 0.2) is 52.2 Å². The Labute approximate surface area is 163 Å². The minimum Gasteiger partial charge on any atom is -0.481 e. The van der Waals surface area contributed by atoms with Crippen molar-refractivity contribution in [2.45, 2.75) is 32.1 Å². The second-order valence-electron chi connectivity index (χ2n) is 6.36. The molecule has 1 aromatic carbocycles. The van der Waals surface area contributed by atoms with E-state index in [1.165, 1.54) is 12.2 Å². The summed E-state index contributed by atoms with van der Waals surface area (Å²) in [5, 5.41) is 11.2. The predicted octanol–water partition coefficient (Wildman–Crippen LogP) is 4.53. The molecule has 0 aromatic heterocycles. The number of unbranched alkanes of at least 4 members (excludes halogenated alkanes) is 2. The molecule has 0 fully saturated rings. The fraction of sp³-hybridized carbons (Fsp3) is 0.333. The molecule has 0 saturated heterocycles. The molecule has 6 nitrogen and oxygen atoms in total. The monoisotopic (exact) mass is 385 g/mol. The van der Waals surface area contributed by atoms with Crippen molar-refractivity contribution in [3.8, 4) is 0 Å². The van der Waals surface area contributed by atoms with Gasteiger partial charge in [0.2, 0.25) is 0 Å². The second kappa shape index (κ2) is 10.9. The van der Waals surface area contributed by atoms with Crippen LogP contribution < -0.4 is 5.32 Å². The van der Waals surface area contributed by atoms with Gasteiger partial charge in [-0.1, -0.05) is 6.08 Å². The van der Waals surface area contributed by atoms with Crippen molar-refractivity contribution in [2.75, 3.05) is 7.05 Å². The Morgan fingerprint density at radius 2 is 2.11 bits per heavy atom. The highest BCUT2D eigenvalue weighted by Gasteiger charge is 2.09. The molecular formula is C21H24FN3O3. The van der Waals surface area contributed by atoms with Crippen molar-refractivity contribution in [3.63, 3.8) is 0 Å². The number of carbonyl (C=O) groups is 2. The molecule has 1 atom stereocenters. The number of benzene rings is 1. The lowest BCUT2D eigenvalue weighted by Crippen LogP contribution is -2.17. The maximum atomic E-state index is 13.1. The van der Waals surface area contributed by atoms with Gasteiger partial charge < -0.3 is 10.4 Å². The van der Waals surface area contributed by atoms with Gasteiger partial charge in [-0.25, -0.2) is 4.39 Å². The standard InChI is InChI=1S/C21H24FN3O3/c1-23-21(28)16-8-11-18(25-14-15-6-9-17(22)10-7-15)19(13-16)24-12-4-2-3-5-20(26)27/h6,8-15H,2-5,7H2,1H3,(H,23,28)(H,26,27). The minimum absolute atomic E-state index is 0.00552. The molecule has 0 bridgehead atoms. The van der Waals surface area contributed by atoms with Crippen LogP contribution in [0.5, 0.6) is 0 Å². The maximum Gasteiger partial charge on any atom is 0.303 e. The van der Waals surface area contributed by atoms with Crippen molar-refractivity contribution in [3.05, 3.63) is 47.8 Å². The topological polar surface area (TPSA) is 91.1 Å². The van der Waals surface area contributed by atoms with E-state index in [0.29, 0.717) is 42.6 Å². The number of carboxylic acids is 1. The first kappa shape index (κ1) is 21.2. The van der Waals surface area contributed by atoms with Crippen LogP contribution in [0.2, 0.25) is 0 Å². The van der Waals surface area contributed by atoms with Gasteiger partial charge in [0.25, 0.3) is 5.91 Å². The quantitative estimate of drug-likeness (QED) is 0.483. The average molecular weight is 385 g/mol. The number of amides is 1. The maximum absolute atomic E-state index is 13.1. The highest BCUT2D eigenvalue weighted by atomic mass is 19.1. The Bertz CT molecular complexity index is 828. The van der Waals surface area contributed by atoms with E-state index >= 15 is 0 Å². The number of rotatable bonds is 9. The Hall–Kier alpha value is -3.09. The third kappa shape index (κ3) is 6.90. The fourth-order valence-corrected chi connectivity index (χ4v) is 2.59. The van der Waals surface area contributed by atoms with Crippen molar-refractivity contribution in [2.24, 2.45) is 15.9 Å². The van der Waals surface area contributed by atoms with E-state index in [9.17, 15) is 14.0 Å². The molecule has 1 unspecified atom stereocenters. The first-order valence-corrected chi connectivity index (χ1v) is 9.18. The number of allylic oxidation sites excluding steroid dienone is 4. The smallest absolute Gasteiger partial charge is 0.303 e. The van der Waals surface area contributed by atoms with Crippen LogP contribution in [-0.4, -0.2) is 36.5 Å². The summed E-state index contributed by atoms with van der Waals surface area (Å²) < 4.78 is 13.1. The van der Waals surface area contributed by atoms with Gasteiger partial charge in [-0.2, -0.15) is 0 Å². The third-order valence-electron chi connectivity index (χ3n) is 4.16. The zero-order valence-corrected chi connectivity index (χ0v) is 15.8. The van der Waals surface area contributed by atoms with E-state index in [-0.39, 0.29) is 24.1 Å². The van der Waals surface area contributed by atoms with Gasteiger partial charge in [-0.15, -0.1) is 0 Å². The van der Waals surface area contributed by atoms with Gasteiger partial charge in [0.1, 0.15) is 5.83 Å². The first-order valence-electron chi connectivity index (χ1n) is 9.18. The summed E-state index contributed by atoms with van der Waals surface area (Å²) in [6.07, 6.45) is 10.8. The lowest BCUT2D eigenvalue weighted by molar-refractivity contribution is -0.137. The van der Waals surface area contributed by atoms with Gasteiger partial charge in [-0.3, -0.25) is 19.6 Å². The van der Waals surface area contributed by atoms with Crippen molar-refractivity contribution >= 4 is 35.7 Å². The van der Waals surface area contributed by atoms with E-state index in [4.69, 9.17) is 5.11 Å². The van der Waals surface area contributed by atoms with Crippen LogP contribution in [-0.2, 0) is 4.79 Å². The summed E-state index contributed by atoms with van der Waals surface area (Å²) >= 11 is 0. The van der Waals surface area contributed by atoms with E-state index in [1.807, 2.05) is 0 Å². The van der Waals surface area contributed by atoms with E-state index in [1.54, 1.807) is 43.8 Å². The number of carboxylic acid groups (broad SMARTS) is 1. The van der Waals surface area contributed by atoms with Crippen molar-refractivity contribution in [1.82, 2.24) is 5.32 Å². The number of aliphatic imine (C=N–C) groups is 2. The molecular weight excluding hydrogens is 361 g/mol. The molecule has 0 heterocycles. The molecule has 1 aliphatic carbocycles. The molecule has 0 saturated carbocycles. The first-order chi connectivity index (χ1) is 13.5. The summed E-state index contributed by atoms with van der Waals surface area (Å²) in [7, 11) is 1.56. The van der Waals surface area contributed by atoms with Crippen LogP contribution in [0.25, 0.3) is 0 Å². The molecule has 2 N–H and O–H groups in total. The van der Waals surface area contributed by atoms with Gasteiger partial charge in [0, 0.05) is 37.4 Å². The average Bonchev–Trinajstić information content (AvgIpc) is 2.69. The lowest BCUT2D eigenvalue weighted by Gasteiger charge is -2.09. The zero-order valence-electron chi connectivity index (χ0n) is 15.8. The summed E-state index contributed by atoms with van der Waals surface area (Å²) in [5.41, 5.74) is 1.64. The lowest BCUT2D eigenvalue weighted by atomic mass is 10.0. The predicted molar refractivity (Wildman–Crippen MR) is 109 cm³/mol. The Balaban J connectivity index is 2.11. The molecule has 0 aliphatic heterocycles. The molecule has 0 spiro atoms. The van der Waals surface area contributed by atoms with Crippen molar-refractivity contribution < 1.29 is 19.1 Å². The van der Waals surface area contributed by atoms with E-state index in [0.717, 1.165) is 0 Å². The molecule has 28 heavy (non-hydrogen) atoms.